The van der Waals surface area contributed by atoms with Crippen molar-refractivity contribution in [3.8, 4) is 11.3 Å². The number of hydrogen-bond acceptors (Lipinski definition) is 3. The summed E-state index contributed by atoms with van der Waals surface area (Å²) < 4.78 is 0. The van der Waals surface area contributed by atoms with Gasteiger partial charge in [0.15, 0.2) is 0 Å². The molecule has 0 bridgehead atoms. The molecule has 3 rings (SSSR count). The molecule has 0 aliphatic carbocycles. The molecule has 0 fully saturated rings. The van der Waals surface area contributed by atoms with Gasteiger partial charge in [-0.25, -0.2) is 9.97 Å². The van der Waals surface area contributed by atoms with Crippen LogP contribution in [0.25, 0.3) is 11.3 Å². The lowest BCUT2D eigenvalue weighted by molar-refractivity contribution is 0.102. The summed E-state index contributed by atoms with van der Waals surface area (Å²) in [6.07, 6.45) is 1.74. The van der Waals surface area contributed by atoms with E-state index < -0.39 is 0 Å². The molecule has 0 unspecified atom stereocenters. The van der Waals surface area contributed by atoms with Gasteiger partial charge in [0, 0.05) is 23.0 Å². The molecule has 1 N–H and O–H groups in total. The Hall–Kier alpha value is -3.01. The molecule has 1 heterocycles. The first-order valence-electron chi connectivity index (χ1n) is 7.81. The van der Waals surface area contributed by atoms with E-state index in [2.05, 4.69) is 15.3 Å². The lowest BCUT2D eigenvalue weighted by Crippen LogP contribution is -2.13. The number of aryl methyl sites for hydroxylation is 3. The number of amides is 1. The molecule has 0 aliphatic rings. The number of hydrogen-bond donors (Lipinski definition) is 1. The Balaban J connectivity index is 1.87. The molecule has 24 heavy (non-hydrogen) atoms. The largest absolute Gasteiger partial charge is 0.322 e. The van der Waals surface area contributed by atoms with Gasteiger partial charge in [-0.1, -0.05) is 29.8 Å². The summed E-state index contributed by atoms with van der Waals surface area (Å²) in [4.78, 5) is 21.1. The van der Waals surface area contributed by atoms with Crippen molar-refractivity contribution < 1.29 is 4.79 Å². The van der Waals surface area contributed by atoms with Crippen LogP contribution >= 0.6 is 0 Å². The van der Waals surface area contributed by atoms with Crippen molar-refractivity contribution in [3.05, 3.63) is 77.2 Å². The predicted molar refractivity (Wildman–Crippen MR) is 96.1 cm³/mol. The van der Waals surface area contributed by atoms with Crippen LogP contribution in [0.3, 0.4) is 0 Å². The van der Waals surface area contributed by atoms with E-state index in [9.17, 15) is 4.79 Å². The van der Waals surface area contributed by atoms with Crippen molar-refractivity contribution in [2.75, 3.05) is 5.32 Å². The topological polar surface area (TPSA) is 54.9 Å². The van der Waals surface area contributed by atoms with E-state index in [0.717, 1.165) is 33.9 Å². The minimum absolute atomic E-state index is 0.104. The van der Waals surface area contributed by atoms with E-state index in [1.165, 1.54) is 0 Å². The first-order valence-corrected chi connectivity index (χ1v) is 7.81. The second-order valence-corrected chi connectivity index (χ2v) is 5.84. The highest BCUT2D eigenvalue weighted by Crippen LogP contribution is 2.21. The monoisotopic (exact) mass is 317 g/mol. The Labute approximate surface area is 141 Å². The van der Waals surface area contributed by atoms with Crippen molar-refractivity contribution in [3.63, 3.8) is 0 Å². The molecule has 0 radical (unpaired) electrons. The number of nitrogens with zero attached hydrogens (tertiary/aromatic N) is 2. The van der Waals surface area contributed by atoms with Gasteiger partial charge in [-0.15, -0.1) is 0 Å². The van der Waals surface area contributed by atoms with Crippen molar-refractivity contribution in [2.45, 2.75) is 20.8 Å². The van der Waals surface area contributed by atoms with E-state index in [1.54, 1.807) is 6.20 Å². The summed E-state index contributed by atoms with van der Waals surface area (Å²) in [7, 11) is 0. The zero-order chi connectivity index (χ0) is 17.1. The molecule has 120 valence electrons. The number of benzene rings is 2. The van der Waals surface area contributed by atoms with Gasteiger partial charge in [0.1, 0.15) is 5.82 Å². The molecule has 1 aromatic heterocycles. The van der Waals surface area contributed by atoms with E-state index in [1.807, 2.05) is 69.3 Å². The maximum atomic E-state index is 12.6. The van der Waals surface area contributed by atoms with Crippen molar-refractivity contribution >= 4 is 11.6 Å². The van der Waals surface area contributed by atoms with E-state index in [0.29, 0.717) is 5.56 Å². The molecule has 3 aromatic rings. The first kappa shape index (κ1) is 15.9. The lowest BCUT2D eigenvalue weighted by Gasteiger charge is -2.10. The number of carbonyl (C=O) groups is 1. The molecule has 0 aliphatic heterocycles. The van der Waals surface area contributed by atoms with E-state index >= 15 is 0 Å². The van der Waals surface area contributed by atoms with Gasteiger partial charge in [-0.3, -0.25) is 4.79 Å². The highest BCUT2D eigenvalue weighted by atomic mass is 16.1. The zero-order valence-corrected chi connectivity index (χ0v) is 14.0. The van der Waals surface area contributed by atoms with Crippen LogP contribution in [-0.2, 0) is 0 Å². The Morgan fingerprint density at radius 1 is 1.00 bits per heavy atom. The highest BCUT2D eigenvalue weighted by molar-refractivity contribution is 6.05. The van der Waals surface area contributed by atoms with Crippen LogP contribution in [0.5, 0.6) is 0 Å². The Morgan fingerprint density at radius 2 is 1.83 bits per heavy atom. The summed E-state index contributed by atoms with van der Waals surface area (Å²) >= 11 is 0. The van der Waals surface area contributed by atoms with Gasteiger partial charge in [0.2, 0.25) is 0 Å². The second kappa shape index (κ2) is 6.62. The molecule has 0 saturated carbocycles. The van der Waals surface area contributed by atoms with Gasteiger partial charge in [-0.05, 0) is 50.6 Å². The maximum absolute atomic E-state index is 12.6. The van der Waals surface area contributed by atoms with Gasteiger partial charge in [0.05, 0.1) is 5.69 Å². The van der Waals surface area contributed by atoms with Crippen molar-refractivity contribution in [2.24, 2.45) is 0 Å². The van der Waals surface area contributed by atoms with Crippen molar-refractivity contribution in [1.29, 1.82) is 0 Å². The minimum Gasteiger partial charge on any atom is -0.322 e. The minimum atomic E-state index is -0.104. The molecule has 4 heteroatoms. The number of rotatable bonds is 3. The Kier molecular flexibility index (Phi) is 4.38. The number of carbonyl (C=O) groups excluding carboxylic acids is 1. The van der Waals surface area contributed by atoms with Crippen LogP contribution in [0.1, 0.15) is 27.3 Å². The zero-order valence-electron chi connectivity index (χ0n) is 14.0. The molecule has 0 saturated heterocycles. The average Bonchev–Trinajstić information content (AvgIpc) is 2.57. The molecule has 1 amide bonds. The van der Waals surface area contributed by atoms with Crippen LogP contribution in [0, 0.1) is 20.8 Å². The standard InChI is InChI=1S/C20H19N3O/c1-13-7-8-14(2)18(11-13)20(24)23-17-6-4-5-16(12-17)19-9-10-21-15(3)22-19/h4-12H,1-3H3,(H,23,24). The summed E-state index contributed by atoms with van der Waals surface area (Å²) in [5.41, 5.74) is 5.24. The van der Waals surface area contributed by atoms with Crippen LogP contribution < -0.4 is 5.32 Å². The molecular formula is C20H19N3O. The second-order valence-electron chi connectivity index (χ2n) is 5.84. The molecule has 4 nitrogen and oxygen atoms in total. The normalized spacial score (nSPS) is 10.5. The fourth-order valence-corrected chi connectivity index (χ4v) is 2.55. The number of anilines is 1. The van der Waals surface area contributed by atoms with E-state index in [-0.39, 0.29) is 5.91 Å². The first-order chi connectivity index (χ1) is 11.5. The lowest BCUT2D eigenvalue weighted by atomic mass is 10.0. The average molecular weight is 317 g/mol. The van der Waals surface area contributed by atoms with Gasteiger partial charge < -0.3 is 5.32 Å². The SMILES string of the molecule is Cc1ccc(C)c(C(=O)Nc2cccc(-c3ccnc(C)n3)c2)c1. The third-order valence-corrected chi connectivity index (χ3v) is 3.83. The van der Waals surface area contributed by atoms with Crippen LogP contribution in [0.15, 0.2) is 54.7 Å². The number of aromatic nitrogens is 2. The van der Waals surface area contributed by atoms with Gasteiger partial charge >= 0.3 is 0 Å². The summed E-state index contributed by atoms with van der Waals surface area (Å²) in [5, 5.41) is 2.97. The summed E-state index contributed by atoms with van der Waals surface area (Å²) in [6.45, 7) is 5.78. The highest BCUT2D eigenvalue weighted by Gasteiger charge is 2.10. The van der Waals surface area contributed by atoms with Gasteiger partial charge in [-0.2, -0.15) is 0 Å². The summed E-state index contributed by atoms with van der Waals surface area (Å²) in [5.74, 6) is 0.615. The third-order valence-electron chi connectivity index (χ3n) is 3.83. The summed E-state index contributed by atoms with van der Waals surface area (Å²) in [6, 6.07) is 15.4. The van der Waals surface area contributed by atoms with E-state index in [4.69, 9.17) is 0 Å². The van der Waals surface area contributed by atoms with Crippen LogP contribution in [0.4, 0.5) is 5.69 Å². The molecule has 0 spiro atoms. The van der Waals surface area contributed by atoms with Gasteiger partial charge in [0.25, 0.3) is 5.91 Å². The molecule has 2 aromatic carbocycles. The Morgan fingerprint density at radius 3 is 2.62 bits per heavy atom. The molecule has 0 atom stereocenters. The fraction of sp³-hybridized carbons (Fsp3) is 0.150. The fourth-order valence-electron chi connectivity index (χ4n) is 2.55. The van der Waals surface area contributed by atoms with Crippen LogP contribution in [0.2, 0.25) is 0 Å². The predicted octanol–water partition coefficient (Wildman–Crippen LogP) is 4.32. The molecular weight excluding hydrogens is 298 g/mol. The Bertz CT molecular complexity index is 903. The van der Waals surface area contributed by atoms with Crippen LogP contribution in [-0.4, -0.2) is 15.9 Å². The van der Waals surface area contributed by atoms with Crippen molar-refractivity contribution in [1.82, 2.24) is 9.97 Å². The third kappa shape index (κ3) is 3.49. The number of nitrogens with one attached hydrogen (secondary N) is 1. The maximum Gasteiger partial charge on any atom is 0.255 e. The quantitative estimate of drug-likeness (QED) is 0.782. The smallest absolute Gasteiger partial charge is 0.255 e.